The first-order chi connectivity index (χ1) is 5.55. The van der Waals surface area contributed by atoms with Gasteiger partial charge in [-0.2, -0.15) is 4.65 Å². The molecule has 0 saturated carbocycles. The number of hydroxylamine groups is 2. The van der Waals surface area contributed by atoms with Crippen molar-refractivity contribution in [3.63, 3.8) is 0 Å². The first-order valence-electron chi connectivity index (χ1n) is 4.04. The van der Waals surface area contributed by atoms with E-state index in [0.717, 1.165) is 5.69 Å². The van der Waals surface area contributed by atoms with Crippen LogP contribution >= 0.6 is 0 Å². The molecule has 0 aromatic carbocycles. The van der Waals surface area contributed by atoms with Crippen molar-refractivity contribution in [3.05, 3.63) is 24.5 Å². The molecule has 1 N–H and O–H groups in total. The summed E-state index contributed by atoms with van der Waals surface area (Å²) in [6, 6.07) is 3.78. The van der Waals surface area contributed by atoms with Gasteiger partial charge in [-0.15, -0.1) is 0 Å². The molecule has 66 valence electrons. The molecule has 0 radical (unpaired) electrons. The Morgan fingerprint density at radius 1 is 1.33 bits per heavy atom. The SMILES string of the molecule is CC(C)[N+](C)(O)c1ccncc1. The number of aromatic nitrogens is 1. The van der Waals surface area contributed by atoms with Crippen LogP contribution in [0.5, 0.6) is 0 Å². The van der Waals surface area contributed by atoms with E-state index in [4.69, 9.17) is 0 Å². The molecule has 0 bridgehead atoms. The second kappa shape index (κ2) is 3.21. The number of nitrogens with zero attached hydrogens (tertiary/aromatic N) is 2. The fourth-order valence-electron chi connectivity index (χ4n) is 0.944. The zero-order valence-corrected chi connectivity index (χ0v) is 7.73. The molecule has 1 aromatic rings. The Labute approximate surface area is 72.8 Å². The van der Waals surface area contributed by atoms with E-state index >= 15 is 0 Å². The van der Waals surface area contributed by atoms with E-state index in [1.165, 1.54) is 0 Å². The third-order valence-corrected chi connectivity index (χ3v) is 2.19. The zero-order valence-electron chi connectivity index (χ0n) is 7.73. The maximum absolute atomic E-state index is 9.97. The molecule has 0 aliphatic heterocycles. The van der Waals surface area contributed by atoms with Crippen LogP contribution in [0.4, 0.5) is 5.69 Å². The second-order valence-electron chi connectivity index (χ2n) is 3.33. The Bertz CT molecular complexity index is 244. The number of rotatable bonds is 2. The van der Waals surface area contributed by atoms with E-state index in [0.29, 0.717) is 0 Å². The summed E-state index contributed by atoms with van der Waals surface area (Å²) >= 11 is 0. The van der Waals surface area contributed by atoms with Crippen LogP contribution in [-0.4, -0.2) is 23.3 Å². The van der Waals surface area contributed by atoms with Gasteiger partial charge in [0.05, 0.1) is 0 Å². The lowest BCUT2D eigenvalue weighted by Gasteiger charge is -2.28. The van der Waals surface area contributed by atoms with E-state index in [1.807, 2.05) is 26.0 Å². The topological polar surface area (TPSA) is 33.1 Å². The van der Waals surface area contributed by atoms with E-state index in [1.54, 1.807) is 19.4 Å². The van der Waals surface area contributed by atoms with Crippen molar-refractivity contribution in [2.24, 2.45) is 0 Å². The molecule has 0 saturated heterocycles. The predicted octanol–water partition coefficient (Wildman–Crippen LogP) is 1.82. The van der Waals surface area contributed by atoms with Gasteiger partial charge in [0, 0.05) is 24.5 Å². The van der Waals surface area contributed by atoms with Gasteiger partial charge in [-0.25, -0.2) is 5.21 Å². The highest BCUT2D eigenvalue weighted by Gasteiger charge is 2.26. The first-order valence-corrected chi connectivity index (χ1v) is 4.04. The monoisotopic (exact) mass is 167 g/mol. The molecule has 0 aliphatic carbocycles. The predicted molar refractivity (Wildman–Crippen MR) is 48.9 cm³/mol. The van der Waals surface area contributed by atoms with Gasteiger partial charge in [-0.3, -0.25) is 4.98 Å². The van der Waals surface area contributed by atoms with E-state index in [9.17, 15) is 5.21 Å². The van der Waals surface area contributed by atoms with Gasteiger partial charge in [0.15, 0.2) is 5.69 Å². The van der Waals surface area contributed by atoms with Crippen LogP contribution in [-0.2, 0) is 0 Å². The van der Waals surface area contributed by atoms with Gasteiger partial charge >= 0.3 is 0 Å². The molecule has 3 nitrogen and oxygen atoms in total. The normalized spacial score (nSPS) is 16.1. The maximum atomic E-state index is 9.97. The molecular formula is C9H15N2O+. The van der Waals surface area contributed by atoms with Crippen molar-refractivity contribution in [2.75, 3.05) is 7.05 Å². The second-order valence-corrected chi connectivity index (χ2v) is 3.33. The largest absolute Gasteiger partial charge is 0.264 e. The van der Waals surface area contributed by atoms with Gasteiger partial charge in [0.1, 0.15) is 13.1 Å². The van der Waals surface area contributed by atoms with Crippen LogP contribution in [0.1, 0.15) is 13.8 Å². The van der Waals surface area contributed by atoms with Crippen molar-refractivity contribution in [3.8, 4) is 0 Å². The van der Waals surface area contributed by atoms with Gasteiger partial charge in [0.25, 0.3) is 0 Å². The minimum Gasteiger partial charge on any atom is -0.264 e. The van der Waals surface area contributed by atoms with E-state index < -0.39 is 0 Å². The summed E-state index contributed by atoms with van der Waals surface area (Å²) in [5, 5.41) is 9.97. The third-order valence-electron chi connectivity index (χ3n) is 2.19. The molecule has 1 rings (SSSR count). The van der Waals surface area contributed by atoms with Crippen LogP contribution in [0.2, 0.25) is 0 Å². The smallest absolute Gasteiger partial charge is 0.168 e. The van der Waals surface area contributed by atoms with Crippen molar-refractivity contribution in [1.29, 1.82) is 0 Å². The number of quaternary nitrogens is 1. The van der Waals surface area contributed by atoms with Crippen molar-refractivity contribution < 1.29 is 5.21 Å². The average Bonchev–Trinajstić information content (AvgIpc) is 2.06. The minimum absolute atomic E-state index is 0.0947. The molecule has 0 spiro atoms. The molecular weight excluding hydrogens is 152 g/mol. The van der Waals surface area contributed by atoms with Crippen LogP contribution in [0, 0.1) is 0 Å². The van der Waals surface area contributed by atoms with E-state index in [2.05, 4.69) is 4.98 Å². The zero-order chi connectivity index (χ0) is 9.19. The summed E-state index contributed by atoms with van der Waals surface area (Å²) in [5.41, 5.74) is 0.861. The maximum Gasteiger partial charge on any atom is 0.168 e. The Hall–Kier alpha value is -0.930. The summed E-state index contributed by atoms with van der Waals surface area (Å²) in [6.45, 7) is 3.95. The summed E-state index contributed by atoms with van der Waals surface area (Å²) in [5.74, 6) is 0. The Balaban J connectivity index is 2.98. The Kier molecular flexibility index (Phi) is 2.45. The van der Waals surface area contributed by atoms with Crippen molar-refractivity contribution >= 4 is 5.69 Å². The quantitative estimate of drug-likeness (QED) is 0.538. The Morgan fingerprint density at radius 3 is 2.25 bits per heavy atom. The molecule has 12 heavy (non-hydrogen) atoms. The highest BCUT2D eigenvalue weighted by atomic mass is 16.5. The summed E-state index contributed by atoms with van der Waals surface area (Å²) < 4.78 is -0.0947. The highest BCUT2D eigenvalue weighted by Crippen LogP contribution is 2.19. The van der Waals surface area contributed by atoms with Crippen molar-refractivity contribution in [1.82, 2.24) is 9.63 Å². The molecule has 1 atom stereocenters. The minimum atomic E-state index is -0.0947. The average molecular weight is 167 g/mol. The molecule has 3 heteroatoms. The van der Waals surface area contributed by atoms with E-state index in [-0.39, 0.29) is 10.7 Å². The van der Waals surface area contributed by atoms with Gasteiger partial charge in [-0.1, -0.05) is 0 Å². The van der Waals surface area contributed by atoms with Crippen LogP contribution in [0.3, 0.4) is 0 Å². The highest BCUT2D eigenvalue weighted by molar-refractivity contribution is 5.37. The fraction of sp³-hybridized carbons (Fsp3) is 0.444. The summed E-state index contributed by atoms with van der Waals surface area (Å²) in [6.07, 6.45) is 3.37. The van der Waals surface area contributed by atoms with Crippen LogP contribution < -0.4 is 4.65 Å². The standard InChI is InChI=1S/C9H15N2O/c1-8(2)11(3,12)9-4-6-10-7-5-9/h4-8,12H,1-3H3/q+1. The first kappa shape index (κ1) is 9.16. The lowest BCUT2D eigenvalue weighted by atomic mass is 10.3. The Morgan fingerprint density at radius 2 is 1.83 bits per heavy atom. The number of hydrogen-bond acceptors (Lipinski definition) is 2. The number of pyridine rings is 1. The molecule has 1 unspecified atom stereocenters. The molecule has 1 heterocycles. The van der Waals surface area contributed by atoms with Gasteiger partial charge in [-0.05, 0) is 13.8 Å². The van der Waals surface area contributed by atoms with Gasteiger partial charge < -0.3 is 0 Å². The molecule has 0 aliphatic rings. The van der Waals surface area contributed by atoms with Crippen LogP contribution in [0.25, 0.3) is 0 Å². The van der Waals surface area contributed by atoms with Gasteiger partial charge in [0.2, 0.25) is 0 Å². The van der Waals surface area contributed by atoms with Crippen molar-refractivity contribution in [2.45, 2.75) is 19.9 Å². The summed E-state index contributed by atoms with van der Waals surface area (Å²) in [4.78, 5) is 3.90. The fourth-order valence-corrected chi connectivity index (χ4v) is 0.944. The van der Waals surface area contributed by atoms with Crippen LogP contribution in [0.15, 0.2) is 24.5 Å². The molecule has 1 aromatic heterocycles. The summed E-state index contributed by atoms with van der Waals surface area (Å²) in [7, 11) is 1.76. The molecule has 0 fully saturated rings. The molecule has 0 amide bonds. The lowest BCUT2D eigenvalue weighted by Crippen LogP contribution is -2.47. The lowest BCUT2D eigenvalue weighted by molar-refractivity contribution is -0.0807. The third kappa shape index (κ3) is 1.62. The number of hydrogen-bond donors (Lipinski definition) is 1.